The zero-order chi connectivity index (χ0) is 16.9. The van der Waals surface area contributed by atoms with E-state index in [1.54, 1.807) is 0 Å². The molecule has 2 rings (SSSR count). The fourth-order valence-electron chi connectivity index (χ4n) is 3.90. The lowest BCUT2D eigenvalue weighted by Crippen LogP contribution is -2.51. The van der Waals surface area contributed by atoms with Crippen LogP contribution in [0.25, 0.3) is 0 Å². The molecule has 1 amide bonds. The maximum absolute atomic E-state index is 11.8. The minimum atomic E-state index is -0.138. The van der Waals surface area contributed by atoms with Crippen molar-refractivity contribution in [2.75, 3.05) is 33.3 Å². The first kappa shape index (κ1) is 18.5. The van der Waals surface area contributed by atoms with Gasteiger partial charge in [-0.2, -0.15) is 0 Å². The van der Waals surface area contributed by atoms with Crippen LogP contribution in [0.1, 0.15) is 46.5 Å². The summed E-state index contributed by atoms with van der Waals surface area (Å²) in [5.41, 5.74) is 6.62. The Morgan fingerprint density at radius 1 is 1.39 bits per heavy atom. The molecule has 23 heavy (non-hydrogen) atoms. The highest BCUT2D eigenvalue weighted by Gasteiger charge is 2.49. The molecule has 1 heterocycles. The number of likely N-dealkylation sites (tertiary alicyclic amines) is 1. The van der Waals surface area contributed by atoms with Crippen LogP contribution in [-0.4, -0.2) is 56.4 Å². The second kappa shape index (κ2) is 8.31. The van der Waals surface area contributed by atoms with E-state index in [0.717, 1.165) is 26.1 Å². The molecule has 0 aromatic heterocycles. The van der Waals surface area contributed by atoms with E-state index in [1.807, 2.05) is 18.9 Å². The molecule has 6 heteroatoms. The largest absolute Gasteiger partial charge is 0.450 e. The highest BCUT2D eigenvalue weighted by Crippen LogP contribution is 2.48. The fraction of sp³-hybridized carbons (Fsp3) is 0.941. The average molecular weight is 326 g/mol. The molecule has 3 N–H and O–H groups in total. The van der Waals surface area contributed by atoms with Crippen LogP contribution >= 0.6 is 0 Å². The van der Waals surface area contributed by atoms with Crippen LogP contribution in [0, 0.1) is 11.3 Å². The fourth-order valence-corrected chi connectivity index (χ4v) is 3.90. The summed E-state index contributed by atoms with van der Waals surface area (Å²) in [6, 6.07) is 1.10. The van der Waals surface area contributed by atoms with Crippen LogP contribution in [0.15, 0.2) is 0 Å². The number of amides is 1. The van der Waals surface area contributed by atoms with Crippen LogP contribution in [0.3, 0.4) is 0 Å². The Hall–Kier alpha value is -0.850. The molecular formula is C17H34N4O2. The van der Waals surface area contributed by atoms with Gasteiger partial charge in [0.25, 0.3) is 0 Å². The van der Waals surface area contributed by atoms with Crippen molar-refractivity contribution in [2.45, 2.75) is 58.5 Å². The zero-order valence-electron chi connectivity index (χ0n) is 15.2. The minimum Gasteiger partial charge on any atom is -0.450 e. The first-order valence-electron chi connectivity index (χ1n) is 9.07. The van der Waals surface area contributed by atoms with Gasteiger partial charge in [0, 0.05) is 25.2 Å². The minimum absolute atomic E-state index is 0.138. The number of hydrogen-bond acceptors (Lipinski definition) is 5. The summed E-state index contributed by atoms with van der Waals surface area (Å²) in [5, 5.41) is 3.68. The van der Waals surface area contributed by atoms with Crippen LogP contribution < -0.4 is 16.2 Å². The van der Waals surface area contributed by atoms with Crippen LogP contribution in [-0.2, 0) is 4.74 Å². The highest BCUT2D eigenvalue weighted by atomic mass is 16.6. The summed E-state index contributed by atoms with van der Waals surface area (Å²) in [4.78, 5) is 13.7. The van der Waals surface area contributed by atoms with Crippen molar-refractivity contribution in [1.82, 2.24) is 21.1 Å². The lowest BCUT2D eigenvalue weighted by molar-refractivity contribution is 0.0760. The second-order valence-electron chi connectivity index (χ2n) is 7.38. The van der Waals surface area contributed by atoms with Crippen LogP contribution in [0.4, 0.5) is 4.79 Å². The van der Waals surface area contributed by atoms with Crippen molar-refractivity contribution in [3.05, 3.63) is 0 Å². The normalized spacial score (nSPS) is 29.4. The van der Waals surface area contributed by atoms with Gasteiger partial charge in [-0.1, -0.05) is 6.92 Å². The number of hydrazine groups is 1. The van der Waals surface area contributed by atoms with Gasteiger partial charge in [0.05, 0.1) is 6.61 Å². The predicted molar refractivity (Wildman–Crippen MR) is 92.1 cm³/mol. The Morgan fingerprint density at radius 3 is 2.78 bits per heavy atom. The molecule has 0 bridgehead atoms. The van der Waals surface area contributed by atoms with Gasteiger partial charge < -0.3 is 15.0 Å². The summed E-state index contributed by atoms with van der Waals surface area (Å²) in [6.45, 7) is 9.63. The molecule has 1 saturated heterocycles. The SMILES string of the molecule is CCOC(=O)N1CCC2(CC(NCCC(C)[C@@H](C)NNC)C2)C1. The lowest BCUT2D eigenvalue weighted by atomic mass is 9.65. The molecule has 2 fully saturated rings. The quantitative estimate of drug-likeness (QED) is 0.593. The number of carbonyl (C=O) groups excluding carboxylic acids is 1. The molecule has 1 saturated carbocycles. The molecule has 0 aromatic carbocycles. The van der Waals surface area contributed by atoms with Gasteiger partial charge in [0.15, 0.2) is 0 Å². The Balaban J connectivity index is 1.61. The molecule has 1 aliphatic heterocycles. The van der Waals surface area contributed by atoms with E-state index >= 15 is 0 Å². The molecule has 2 atom stereocenters. The molecular weight excluding hydrogens is 292 g/mol. The summed E-state index contributed by atoms with van der Waals surface area (Å²) in [5.74, 6) is 0.634. The Kier molecular flexibility index (Phi) is 6.68. The Bertz CT molecular complexity index is 385. The maximum Gasteiger partial charge on any atom is 0.409 e. The van der Waals surface area contributed by atoms with Gasteiger partial charge in [-0.25, -0.2) is 4.79 Å². The molecule has 1 spiro atoms. The first-order chi connectivity index (χ1) is 11.0. The van der Waals surface area contributed by atoms with Crippen LogP contribution in [0.5, 0.6) is 0 Å². The summed E-state index contributed by atoms with van der Waals surface area (Å²) in [7, 11) is 1.91. The van der Waals surface area contributed by atoms with E-state index in [1.165, 1.54) is 19.3 Å². The number of carbonyl (C=O) groups is 1. The average Bonchev–Trinajstić information content (AvgIpc) is 2.92. The molecule has 0 aromatic rings. The van der Waals surface area contributed by atoms with E-state index < -0.39 is 0 Å². The smallest absolute Gasteiger partial charge is 0.409 e. The van der Waals surface area contributed by atoms with Crippen molar-refractivity contribution >= 4 is 6.09 Å². The molecule has 6 nitrogen and oxygen atoms in total. The summed E-state index contributed by atoms with van der Waals surface area (Å²) < 4.78 is 5.11. The van der Waals surface area contributed by atoms with Crippen molar-refractivity contribution in [2.24, 2.45) is 11.3 Å². The molecule has 1 aliphatic carbocycles. The molecule has 1 unspecified atom stereocenters. The third-order valence-corrected chi connectivity index (χ3v) is 5.58. The molecule has 134 valence electrons. The Labute approximate surface area is 140 Å². The zero-order valence-corrected chi connectivity index (χ0v) is 15.2. The highest BCUT2D eigenvalue weighted by molar-refractivity contribution is 5.68. The third-order valence-electron chi connectivity index (χ3n) is 5.58. The van der Waals surface area contributed by atoms with Crippen molar-refractivity contribution in [3.63, 3.8) is 0 Å². The molecule has 2 aliphatic rings. The van der Waals surface area contributed by atoms with Crippen LogP contribution in [0.2, 0.25) is 0 Å². The van der Waals surface area contributed by atoms with E-state index in [2.05, 4.69) is 30.0 Å². The monoisotopic (exact) mass is 326 g/mol. The third kappa shape index (κ3) is 4.81. The number of nitrogens with one attached hydrogen (secondary N) is 3. The van der Waals surface area contributed by atoms with Gasteiger partial charge >= 0.3 is 6.09 Å². The first-order valence-corrected chi connectivity index (χ1v) is 9.07. The topological polar surface area (TPSA) is 65.6 Å². The number of hydrogen-bond donors (Lipinski definition) is 3. The van der Waals surface area contributed by atoms with E-state index in [9.17, 15) is 4.79 Å². The van der Waals surface area contributed by atoms with Crippen molar-refractivity contribution < 1.29 is 9.53 Å². The number of nitrogens with zero attached hydrogens (tertiary/aromatic N) is 1. The number of rotatable bonds is 8. The van der Waals surface area contributed by atoms with E-state index in [4.69, 9.17) is 4.74 Å². The summed E-state index contributed by atoms with van der Waals surface area (Å²) in [6.07, 6.45) is 4.56. The van der Waals surface area contributed by atoms with Gasteiger partial charge in [-0.15, -0.1) is 0 Å². The Morgan fingerprint density at radius 2 is 2.13 bits per heavy atom. The van der Waals surface area contributed by atoms with E-state index in [-0.39, 0.29) is 6.09 Å². The van der Waals surface area contributed by atoms with Gasteiger partial charge in [-0.05, 0) is 64.5 Å². The van der Waals surface area contributed by atoms with Crippen molar-refractivity contribution in [3.8, 4) is 0 Å². The van der Waals surface area contributed by atoms with Gasteiger partial charge in [0.1, 0.15) is 0 Å². The standard InChI is InChI=1S/C17H34N4O2/c1-5-23-16(22)21-9-7-17(12-21)10-15(11-17)19-8-6-13(2)14(3)20-18-4/h13-15,18-20H,5-12H2,1-4H3/t13?,14-,15?,17?/m1/s1. The maximum atomic E-state index is 11.8. The predicted octanol–water partition coefficient (Wildman–Crippen LogP) is 1.73. The summed E-state index contributed by atoms with van der Waals surface area (Å²) >= 11 is 0. The van der Waals surface area contributed by atoms with E-state index in [0.29, 0.717) is 30.0 Å². The lowest BCUT2D eigenvalue weighted by Gasteiger charge is -2.45. The molecule has 0 radical (unpaired) electrons. The number of ether oxygens (including phenoxy) is 1. The van der Waals surface area contributed by atoms with Crippen molar-refractivity contribution in [1.29, 1.82) is 0 Å². The van der Waals surface area contributed by atoms with Gasteiger partial charge in [-0.3, -0.25) is 10.9 Å². The second-order valence-corrected chi connectivity index (χ2v) is 7.38. The van der Waals surface area contributed by atoms with Gasteiger partial charge in [0.2, 0.25) is 0 Å².